The lowest BCUT2D eigenvalue weighted by Crippen LogP contribution is -2.60. The molecule has 394 valence electrons. The molecule has 2 aromatic rings. The number of carboxylic acids is 3. The van der Waals surface area contributed by atoms with E-state index in [0.29, 0.717) is 12.0 Å². The standard InChI is InChI=1S/C45H61FN10O15S/c1-24(50-44(69)33(23-72)56-41(66)29(15-17-36(59)60)51-35(58)18-20-49-39(64)26-10-12-27(46)13-11-26)38(63)52-28(9-5-6-19-47)40(65)53-30(14-16-34(48)57)42(67)54-31(22-37(61)62)43(68)55-32(45(70)71)21-25-7-3-2-4-8-25/h2-4,7-8,10-13,24,28-33,72H,5-6,9,14-23,47H2,1H3,(H2,48,57)(H,49,64)(H,50,69)(H,51,58)(H,52,63)(H,53,65)(H,54,67)(H,55,68)(H,56,66)(H,59,60)(H,61,62)(H,70,71)/t24-,28-,29-,30-,31-,32-,33-/m0/s1. The molecule has 2 aromatic carbocycles. The predicted molar refractivity (Wildman–Crippen MR) is 255 cm³/mol. The minimum absolute atomic E-state index is 0.0962. The third-order valence-corrected chi connectivity index (χ3v) is 10.8. The Kier molecular flexibility index (Phi) is 26.5. The van der Waals surface area contributed by atoms with Crippen molar-refractivity contribution in [3.05, 3.63) is 71.5 Å². The summed E-state index contributed by atoms with van der Waals surface area (Å²) in [6.45, 7) is 1.17. The highest BCUT2D eigenvalue weighted by molar-refractivity contribution is 7.80. The molecular weight excluding hydrogens is 972 g/mol. The van der Waals surface area contributed by atoms with Crippen molar-refractivity contribution in [2.45, 2.75) is 113 Å². The molecule has 0 saturated carbocycles. The lowest BCUT2D eigenvalue weighted by atomic mass is 10.0. The van der Waals surface area contributed by atoms with E-state index in [-0.39, 0.29) is 50.1 Å². The minimum Gasteiger partial charge on any atom is -0.481 e. The highest BCUT2D eigenvalue weighted by Crippen LogP contribution is 2.09. The summed E-state index contributed by atoms with van der Waals surface area (Å²) < 4.78 is 13.2. The molecule has 2 rings (SSSR count). The summed E-state index contributed by atoms with van der Waals surface area (Å²) in [6.07, 6.45) is -3.09. The number of hydrogen-bond donors (Lipinski definition) is 14. The number of carboxylic acid groups (broad SMARTS) is 3. The van der Waals surface area contributed by atoms with E-state index in [1.807, 2.05) is 0 Å². The molecule has 25 nitrogen and oxygen atoms in total. The zero-order valence-electron chi connectivity index (χ0n) is 39.2. The van der Waals surface area contributed by atoms with Crippen LogP contribution in [-0.2, 0) is 59.2 Å². The second kappa shape index (κ2) is 31.5. The molecule has 0 aromatic heterocycles. The topological polar surface area (TPSA) is 414 Å². The monoisotopic (exact) mass is 1030 g/mol. The molecule has 0 heterocycles. The van der Waals surface area contributed by atoms with Crippen molar-refractivity contribution in [2.24, 2.45) is 11.5 Å². The maximum absolute atomic E-state index is 13.8. The number of nitrogens with one attached hydrogen (secondary N) is 8. The Hall–Kier alpha value is -7.68. The molecule has 15 N–H and O–H groups in total. The fourth-order valence-corrected chi connectivity index (χ4v) is 6.76. The Morgan fingerprint density at radius 3 is 1.65 bits per heavy atom. The van der Waals surface area contributed by atoms with E-state index in [0.717, 1.165) is 12.1 Å². The quantitative estimate of drug-likeness (QED) is 0.0257. The summed E-state index contributed by atoms with van der Waals surface area (Å²) in [5.41, 5.74) is 11.6. The Labute approximate surface area is 417 Å². The molecule has 0 radical (unpaired) electrons. The number of halogens is 1. The largest absolute Gasteiger partial charge is 0.481 e. The Morgan fingerprint density at radius 1 is 0.583 bits per heavy atom. The first-order valence-corrected chi connectivity index (χ1v) is 23.1. The molecule has 7 atom stereocenters. The second-order valence-corrected chi connectivity index (χ2v) is 16.6. The predicted octanol–water partition coefficient (Wildman–Crippen LogP) is -2.65. The zero-order valence-corrected chi connectivity index (χ0v) is 40.0. The van der Waals surface area contributed by atoms with Gasteiger partial charge in [0.25, 0.3) is 5.91 Å². The minimum atomic E-state index is -1.88. The fraction of sp³-hybridized carbons (Fsp3) is 0.467. The first-order chi connectivity index (χ1) is 34.0. The number of benzene rings is 2. The fourth-order valence-electron chi connectivity index (χ4n) is 6.51. The first kappa shape index (κ1) is 60.4. The van der Waals surface area contributed by atoms with Gasteiger partial charge in [-0.25, -0.2) is 9.18 Å². The Bertz CT molecular complexity index is 2240. The molecule has 27 heteroatoms. The number of carbonyl (C=O) groups excluding carboxylic acids is 9. The number of rotatable bonds is 33. The van der Waals surface area contributed by atoms with Crippen LogP contribution in [0.1, 0.15) is 80.6 Å². The van der Waals surface area contributed by atoms with E-state index in [1.165, 1.54) is 19.1 Å². The molecule has 0 spiro atoms. The van der Waals surface area contributed by atoms with Gasteiger partial charge in [-0.15, -0.1) is 0 Å². The van der Waals surface area contributed by atoms with Gasteiger partial charge in [0, 0.05) is 43.5 Å². The van der Waals surface area contributed by atoms with E-state index in [9.17, 15) is 77.2 Å². The Morgan fingerprint density at radius 2 is 1.10 bits per heavy atom. The number of unbranched alkanes of at least 4 members (excludes halogenated alkanes) is 1. The number of aliphatic carboxylic acids is 3. The van der Waals surface area contributed by atoms with Gasteiger partial charge in [0.05, 0.1) is 6.42 Å². The van der Waals surface area contributed by atoms with E-state index in [4.69, 9.17) is 11.5 Å². The van der Waals surface area contributed by atoms with Crippen molar-refractivity contribution < 1.29 is 77.2 Å². The SMILES string of the molecule is C[C@H](NC(=O)[C@H](CS)NC(=O)[C@H](CCC(=O)O)NC(=O)CCNC(=O)c1ccc(F)cc1)C(=O)N[C@@H](CCCCN)C(=O)N[C@@H](CCC(N)=O)C(=O)N[C@@H](CC(=O)O)C(=O)N[C@@H](Cc1ccccc1)C(=O)O. The first-order valence-electron chi connectivity index (χ1n) is 22.5. The summed E-state index contributed by atoms with van der Waals surface area (Å²) in [5.74, 6) is -13.9. The highest BCUT2D eigenvalue weighted by atomic mass is 32.1. The summed E-state index contributed by atoms with van der Waals surface area (Å²) >= 11 is 4.11. The van der Waals surface area contributed by atoms with Crippen LogP contribution in [0, 0.1) is 5.82 Å². The summed E-state index contributed by atoms with van der Waals surface area (Å²) in [5, 5.41) is 47.3. The van der Waals surface area contributed by atoms with Crippen molar-refractivity contribution in [3.63, 3.8) is 0 Å². The van der Waals surface area contributed by atoms with Gasteiger partial charge >= 0.3 is 17.9 Å². The van der Waals surface area contributed by atoms with Crippen LogP contribution < -0.4 is 54.0 Å². The van der Waals surface area contributed by atoms with Crippen molar-refractivity contribution in [1.82, 2.24) is 42.5 Å². The van der Waals surface area contributed by atoms with Crippen LogP contribution in [0.2, 0.25) is 0 Å². The molecule has 0 bridgehead atoms. The number of nitrogens with two attached hydrogens (primary N) is 2. The van der Waals surface area contributed by atoms with Crippen LogP contribution in [-0.4, -0.2) is 148 Å². The van der Waals surface area contributed by atoms with E-state index < -0.39 is 151 Å². The van der Waals surface area contributed by atoms with Gasteiger partial charge in [-0.1, -0.05) is 30.3 Å². The molecule has 0 aliphatic rings. The highest BCUT2D eigenvalue weighted by Gasteiger charge is 2.34. The molecule has 0 fully saturated rings. The van der Waals surface area contributed by atoms with Crippen molar-refractivity contribution >= 4 is 83.7 Å². The average molecular weight is 1030 g/mol. The lowest BCUT2D eigenvalue weighted by Gasteiger charge is -2.26. The molecule has 0 saturated heterocycles. The van der Waals surface area contributed by atoms with Gasteiger partial charge in [-0.2, -0.15) is 12.6 Å². The lowest BCUT2D eigenvalue weighted by molar-refractivity contribution is -0.143. The van der Waals surface area contributed by atoms with Crippen LogP contribution in [0.15, 0.2) is 54.6 Å². The zero-order chi connectivity index (χ0) is 53.9. The van der Waals surface area contributed by atoms with Gasteiger partial charge in [0.15, 0.2) is 0 Å². The summed E-state index contributed by atoms with van der Waals surface area (Å²) in [6, 6.07) is 1.76. The maximum Gasteiger partial charge on any atom is 0.326 e. The number of amides is 9. The van der Waals surface area contributed by atoms with Crippen LogP contribution in [0.5, 0.6) is 0 Å². The number of primary amides is 1. The van der Waals surface area contributed by atoms with E-state index in [2.05, 4.69) is 55.2 Å². The van der Waals surface area contributed by atoms with Crippen molar-refractivity contribution in [2.75, 3.05) is 18.8 Å². The second-order valence-electron chi connectivity index (χ2n) is 16.2. The maximum atomic E-state index is 13.8. The number of hydrogen-bond acceptors (Lipinski definition) is 14. The van der Waals surface area contributed by atoms with E-state index >= 15 is 0 Å². The van der Waals surface area contributed by atoms with Crippen LogP contribution in [0.25, 0.3) is 0 Å². The van der Waals surface area contributed by atoms with Gasteiger partial charge in [0.2, 0.25) is 47.3 Å². The van der Waals surface area contributed by atoms with Crippen molar-refractivity contribution in [1.29, 1.82) is 0 Å². The molecule has 0 unspecified atom stereocenters. The summed E-state index contributed by atoms with van der Waals surface area (Å²) in [7, 11) is 0. The van der Waals surface area contributed by atoms with Crippen LogP contribution in [0.3, 0.4) is 0 Å². The number of thiol groups is 1. The average Bonchev–Trinajstić information content (AvgIpc) is 3.32. The Balaban J connectivity index is 2.18. The normalized spacial score (nSPS) is 13.7. The van der Waals surface area contributed by atoms with Gasteiger partial charge in [-0.3, -0.25) is 52.7 Å². The van der Waals surface area contributed by atoms with Crippen molar-refractivity contribution in [3.8, 4) is 0 Å². The molecule has 9 amide bonds. The summed E-state index contributed by atoms with van der Waals surface area (Å²) in [4.78, 5) is 153. The van der Waals surface area contributed by atoms with Gasteiger partial charge in [0.1, 0.15) is 48.1 Å². The number of carbonyl (C=O) groups is 12. The van der Waals surface area contributed by atoms with Crippen LogP contribution >= 0.6 is 12.6 Å². The molecule has 0 aliphatic carbocycles. The van der Waals surface area contributed by atoms with Gasteiger partial charge in [-0.05, 0) is 75.4 Å². The smallest absolute Gasteiger partial charge is 0.326 e. The molecule has 72 heavy (non-hydrogen) atoms. The third kappa shape index (κ3) is 22.8. The third-order valence-electron chi connectivity index (χ3n) is 10.4. The van der Waals surface area contributed by atoms with E-state index in [1.54, 1.807) is 30.3 Å². The molecule has 0 aliphatic heterocycles. The van der Waals surface area contributed by atoms with Crippen LogP contribution in [0.4, 0.5) is 4.39 Å². The van der Waals surface area contributed by atoms with Gasteiger partial charge < -0.3 is 69.3 Å². The molecular formula is C45H61FN10O15S.